The van der Waals surface area contributed by atoms with Crippen LogP contribution in [-0.2, 0) is 0 Å². The highest BCUT2D eigenvalue weighted by molar-refractivity contribution is 6.41. The quantitative estimate of drug-likeness (QED) is 0.279. The molecular weight excluding hydrogens is 613 g/mol. The summed E-state index contributed by atoms with van der Waals surface area (Å²) in [5, 5.41) is 7.52. The van der Waals surface area contributed by atoms with E-state index in [2.05, 4.69) is 33.7 Å². The molecule has 1 fully saturated rings. The molecule has 2 amide bonds. The maximum absolute atomic E-state index is 13.6. The molecule has 1 saturated heterocycles. The number of imidazole rings is 1. The van der Waals surface area contributed by atoms with Crippen LogP contribution in [0.5, 0.6) is 11.5 Å². The molecule has 0 spiro atoms. The summed E-state index contributed by atoms with van der Waals surface area (Å²) < 4.78 is 14.6. The number of hydrogen-bond donors (Lipinski definition) is 1. The van der Waals surface area contributed by atoms with Crippen molar-refractivity contribution in [2.75, 3.05) is 51.1 Å². The Morgan fingerprint density at radius 2 is 1.80 bits per heavy atom. The van der Waals surface area contributed by atoms with E-state index in [0.29, 0.717) is 5.52 Å². The molecule has 0 bridgehead atoms. The van der Waals surface area contributed by atoms with Crippen molar-refractivity contribution in [1.82, 2.24) is 33.8 Å². The number of aromatic nitrogens is 6. The molecule has 0 atom stereocenters. The number of piperidine rings is 1. The number of allylic oxidation sites excluding steroid dienone is 1. The predicted molar refractivity (Wildman–Crippen MR) is 167 cm³/mol. The van der Waals surface area contributed by atoms with E-state index >= 15 is 0 Å². The largest absolute Gasteiger partial charge is 0.495 e. The van der Waals surface area contributed by atoms with E-state index in [1.54, 1.807) is 10.9 Å². The molecule has 0 aliphatic carbocycles. The fourth-order valence-electron chi connectivity index (χ4n) is 5.11. The van der Waals surface area contributed by atoms with Crippen LogP contribution in [0.15, 0.2) is 42.1 Å². The molecule has 4 aromatic rings. The van der Waals surface area contributed by atoms with Crippen molar-refractivity contribution in [2.24, 2.45) is 0 Å². The molecule has 0 radical (unpaired) electrons. The number of amides is 2. The smallest absolute Gasteiger partial charge is 0.343 e. The highest BCUT2D eigenvalue weighted by Gasteiger charge is 2.27. The summed E-state index contributed by atoms with van der Waals surface area (Å²) in [6, 6.07) is 2.37. The third-order valence-electron chi connectivity index (χ3n) is 7.62. The summed E-state index contributed by atoms with van der Waals surface area (Å²) in [6.07, 6.45) is 5.73. The van der Waals surface area contributed by atoms with Crippen LogP contribution in [0.2, 0.25) is 10.0 Å². The van der Waals surface area contributed by atoms with E-state index in [1.807, 2.05) is 0 Å². The molecule has 0 unspecified atom stereocenters. The van der Waals surface area contributed by atoms with Gasteiger partial charge in [0.25, 0.3) is 5.91 Å². The van der Waals surface area contributed by atoms with Gasteiger partial charge in [0.05, 0.1) is 32.1 Å². The minimum Gasteiger partial charge on any atom is -0.495 e. The number of hydrogen-bond acceptors (Lipinski definition) is 9. The lowest BCUT2D eigenvalue weighted by Crippen LogP contribution is -2.34. The fourth-order valence-corrected chi connectivity index (χ4v) is 5.71. The number of rotatable bonds is 8. The number of ether oxygens (including phenoxy) is 2. The van der Waals surface area contributed by atoms with Gasteiger partial charge in [0.1, 0.15) is 45.0 Å². The zero-order chi connectivity index (χ0) is 31.7. The van der Waals surface area contributed by atoms with E-state index in [9.17, 15) is 14.4 Å². The summed E-state index contributed by atoms with van der Waals surface area (Å²) in [7, 11) is 4.30. The Kier molecular flexibility index (Phi) is 8.95. The van der Waals surface area contributed by atoms with Gasteiger partial charge in [-0.05, 0) is 25.5 Å². The number of benzene rings is 1. The highest BCUT2D eigenvalue weighted by Crippen LogP contribution is 2.44. The average Bonchev–Trinajstić information content (AvgIpc) is 3.58. The van der Waals surface area contributed by atoms with Gasteiger partial charge in [-0.2, -0.15) is 5.10 Å². The lowest BCUT2D eigenvalue weighted by atomic mass is 10.1. The number of carbonyl (C=O) groups is 2. The number of halogens is 2. The number of fused-ring (bicyclic) bond motifs is 1. The van der Waals surface area contributed by atoms with Crippen LogP contribution in [0.4, 0.5) is 16.3 Å². The van der Waals surface area contributed by atoms with E-state index in [0.717, 1.165) is 43.1 Å². The Bertz CT molecular complexity index is 1780. The van der Waals surface area contributed by atoms with Crippen molar-refractivity contribution in [2.45, 2.75) is 25.8 Å². The van der Waals surface area contributed by atoms with Crippen LogP contribution in [0.3, 0.4) is 0 Å². The fraction of sp³-hybridized carbons (Fsp3) is 0.357. The molecule has 1 aliphatic heterocycles. The third-order valence-corrected chi connectivity index (χ3v) is 8.37. The first-order valence-electron chi connectivity index (χ1n) is 13.7. The lowest BCUT2D eigenvalue weighted by molar-refractivity contribution is 0.0969. The van der Waals surface area contributed by atoms with Crippen LogP contribution >= 0.6 is 23.2 Å². The number of anilines is 2. The minimum absolute atomic E-state index is 0.0709. The molecule has 0 saturated carbocycles. The van der Waals surface area contributed by atoms with Gasteiger partial charge in [0, 0.05) is 32.3 Å². The van der Waals surface area contributed by atoms with E-state index in [4.69, 9.17) is 37.8 Å². The first-order chi connectivity index (χ1) is 21.1. The van der Waals surface area contributed by atoms with Crippen LogP contribution in [0.25, 0.3) is 17.0 Å². The van der Waals surface area contributed by atoms with Gasteiger partial charge in [-0.1, -0.05) is 36.7 Å². The van der Waals surface area contributed by atoms with Crippen molar-refractivity contribution in [3.63, 3.8) is 0 Å². The van der Waals surface area contributed by atoms with Crippen molar-refractivity contribution in [3.8, 4) is 17.3 Å². The summed E-state index contributed by atoms with van der Waals surface area (Å²) in [6.45, 7) is 8.49. The summed E-state index contributed by atoms with van der Waals surface area (Å²) in [4.78, 5) is 51.7. The SMILES string of the molecule is C=CC(=O)n1c(=O)n(-c2cc(N(C)C(=O)Nc3c(Cl)c(OC)cc(OC)c3Cl)ncn2)c2nn(C3CCN(CC)CC3)cc21. The first kappa shape index (κ1) is 31.0. The second-order valence-corrected chi connectivity index (χ2v) is 10.7. The molecule has 44 heavy (non-hydrogen) atoms. The van der Waals surface area contributed by atoms with Crippen LogP contribution in [0, 0.1) is 0 Å². The summed E-state index contributed by atoms with van der Waals surface area (Å²) in [5.74, 6) is 0.113. The minimum atomic E-state index is -0.681. The number of urea groups is 1. The molecule has 14 nitrogen and oxygen atoms in total. The number of nitrogens with one attached hydrogen (secondary N) is 1. The highest BCUT2D eigenvalue weighted by atomic mass is 35.5. The standard InChI is InChI=1S/C28H31Cl2N9O5/c1-6-22(40)38-17-14-37(16-8-10-36(7-2)11-9-16)34-26(17)39(28(38)42)21-13-20(31-15-32-21)35(3)27(41)33-25-23(29)18(43-4)12-19(44-5)24(25)30/h6,12-16H,1,7-11H2,2-5H3,(H,33,41). The van der Waals surface area contributed by atoms with Gasteiger partial charge >= 0.3 is 11.7 Å². The maximum Gasteiger partial charge on any atom is 0.343 e. The topological polar surface area (TPSA) is 142 Å². The van der Waals surface area contributed by atoms with Crippen LogP contribution in [0.1, 0.15) is 30.6 Å². The lowest BCUT2D eigenvalue weighted by Gasteiger charge is -2.31. The predicted octanol–water partition coefficient (Wildman–Crippen LogP) is 4.25. The summed E-state index contributed by atoms with van der Waals surface area (Å²) >= 11 is 12.8. The van der Waals surface area contributed by atoms with Crippen molar-refractivity contribution >= 4 is 57.8 Å². The third kappa shape index (κ3) is 5.51. The van der Waals surface area contributed by atoms with Crippen LogP contribution in [-0.4, -0.2) is 86.6 Å². The van der Waals surface area contributed by atoms with Gasteiger partial charge in [0.2, 0.25) is 0 Å². The second kappa shape index (κ2) is 12.7. The number of likely N-dealkylation sites (tertiary alicyclic amines) is 1. The molecule has 1 N–H and O–H groups in total. The molecular formula is C28H31Cl2N9O5. The maximum atomic E-state index is 13.6. The second-order valence-electron chi connectivity index (χ2n) is 9.99. The monoisotopic (exact) mass is 643 g/mol. The Labute approximate surface area is 262 Å². The molecule has 232 valence electrons. The zero-order valence-electron chi connectivity index (χ0n) is 24.6. The molecule has 1 aliphatic rings. The zero-order valence-corrected chi connectivity index (χ0v) is 26.1. The van der Waals surface area contributed by atoms with Crippen molar-refractivity contribution in [3.05, 3.63) is 57.8 Å². The van der Waals surface area contributed by atoms with Crippen molar-refractivity contribution < 1.29 is 19.1 Å². The van der Waals surface area contributed by atoms with Gasteiger partial charge in [-0.15, -0.1) is 0 Å². The van der Waals surface area contributed by atoms with E-state index in [-0.39, 0.29) is 50.6 Å². The Morgan fingerprint density at radius 1 is 1.14 bits per heavy atom. The molecule has 1 aromatic carbocycles. The van der Waals surface area contributed by atoms with Gasteiger partial charge in [-0.25, -0.2) is 28.7 Å². The summed E-state index contributed by atoms with van der Waals surface area (Å²) in [5.41, 5.74) is -0.0506. The van der Waals surface area contributed by atoms with E-state index < -0.39 is 17.6 Å². The molecule has 4 heterocycles. The number of carbonyl (C=O) groups excluding carboxylic acids is 2. The first-order valence-corrected chi connectivity index (χ1v) is 14.5. The number of nitrogens with zero attached hydrogens (tertiary/aromatic N) is 8. The molecule has 16 heteroatoms. The van der Waals surface area contributed by atoms with Gasteiger partial charge < -0.3 is 19.7 Å². The normalized spacial score (nSPS) is 14.0. The molecule has 3 aromatic heterocycles. The number of methoxy groups -OCH3 is 2. The average molecular weight is 645 g/mol. The Balaban J connectivity index is 1.51. The molecule has 5 rings (SSSR count). The van der Waals surface area contributed by atoms with E-state index in [1.165, 1.54) is 49.2 Å². The van der Waals surface area contributed by atoms with Crippen LogP contribution < -0.4 is 25.4 Å². The Hall–Kier alpha value is -4.40. The van der Waals surface area contributed by atoms with Gasteiger partial charge in [-0.3, -0.25) is 14.4 Å². The van der Waals surface area contributed by atoms with Gasteiger partial charge in [0.15, 0.2) is 5.65 Å². The van der Waals surface area contributed by atoms with Crippen molar-refractivity contribution in [1.29, 1.82) is 0 Å². The Morgan fingerprint density at radius 3 is 2.39 bits per heavy atom.